The fourth-order valence-electron chi connectivity index (χ4n) is 1.82. The van der Waals surface area contributed by atoms with E-state index in [0.717, 1.165) is 21.1 Å². The van der Waals surface area contributed by atoms with E-state index in [2.05, 4.69) is 0 Å². The van der Waals surface area contributed by atoms with Crippen molar-refractivity contribution in [2.75, 3.05) is 12.3 Å². The van der Waals surface area contributed by atoms with Crippen LogP contribution in [-0.4, -0.2) is 17.7 Å². The maximum Gasteiger partial charge on any atom is 0.345 e. The number of carboxylic acid groups (broad SMARTS) is 1. The third kappa shape index (κ3) is 3.92. The number of carbonyl (C=O) groups is 1. The number of thioether (sulfide) groups is 1. The summed E-state index contributed by atoms with van der Waals surface area (Å²) in [5, 5.41) is 9.01. The molecule has 1 heterocycles. The van der Waals surface area contributed by atoms with E-state index in [0.29, 0.717) is 22.9 Å². The molecule has 0 unspecified atom stereocenters. The highest BCUT2D eigenvalue weighted by atomic mass is 32.2. The minimum Gasteiger partial charge on any atom is -0.494 e. The van der Waals surface area contributed by atoms with Gasteiger partial charge in [0.25, 0.3) is 0 Å². The van der Waals surface area contributed by atoms with E-state index in [1.807, 2.05) is 32.0 Å². The van der Waals surface area contributed by atoms with Crippen LogP contribution in [-0.2, 0) is 5.75 Å². The van der Waals surface area contributed by atoms with Crippen LogP contribution in [0.1, 0.15) is 27.0 Å². The molecule has 0 saturated carbocycles. The summed E-state index contributed by atoms with van der Waals surface area (Å²) in [6, 6.07) is 7.33. The van der Waals surface area contributed by atoms with E-state index in [9.17, 15) is 4.79 Å². The highest BCUT2D eigenvalue weighted by molar-refractivity contribution is 7.98. The second kappa shape index (κ2) is 6.87. The smallest absolute Gasteiger partial charge is 0.345 e. The molecule has 0 aliphatic heterocycles. The normalized spacial score (nSPS) is 10.6. The molecular weight excluding hydrogens is 306 g/mol. The van der Waals surface area contributed by atoms with E-state index in [1.165, 1.54) is 11.3 Å². The monoisotopic (exact) mass is 323 g/mol. The first kappa shape index (κ1) is 15.7. The van der Waals surface area contributed by atoms with Gasteiger partial charge in [0.15, 0.2) is 0 Å². The Hall–Kier alpha value is -1.66. The van der Waals surface area contributed by atoms with Gasteiger partial charge in [-0.3, -0.25) is 0 Å². The summed E-state index contributed by atoms with van der Waals surface area (Å²) in [5.41, 5.74) is 7.71. The number of hydrogen-bond donors (Lipinski definition) is 2. The molecule has 0 bridgehead atoms. The number of hydrogen-bond acceptors (Lipinski definition) is 5. The maximum absolute atomic E-state index is 11.0. The van der Waals surface area contributed by atoms with Crippen LogP contribution in [0.4, 0.5) is 5.69 Å². The van der Waals surface area contributed by atoms with Gasteiger partial charge < -0.3 is 15.6 Å². The van der Waals surface area contributed by atoms with E-state index in [-0.39, 0.29) is 0 Å². The second-order valence-electron chi connectivity index (χ2n) is 4.42. The molecule has 0 amide bonds. The van der Waals surface area contributed by atoms with Crippen LogP contribution in [0.2, 0.25) is 0 Å². The number of thiophene rings is 1. The van der Waals surface area contributed by atoms with Crippen LogP contribution in [0.15, 0.2) is 29.2 Å². The van der Waals surface area contributed by atoms with Crippen LogP contribution in [0.5, 0.6) is 5.75 Å². The summed E-state index contributed by atoms with van der Waals surface area (Å²) < 4.78 is 5.47. The lowest BCUT2D eigenvalue weighted by Gasteiger charge is -2.09. The lowest BCUT2D eigenvalue weighted by molar-refractivity contribution is 0.0702. The number of ether oxygens (including phenoxy) is 1. The molecule has 6 heteroatoms. The maximum atomic E-state index is 11.0. The van der Waals surface area contributed by atoms with Gasteiger partial charge in [0.05, 0.1) is 6.61 Å². The van der Waals surface area contributed by atoms with Gasteiger partial charge in [-0.15, -0.1) is 23.1 Å². The average molecular weight is 323 g/mol. The Bertz CT molecular complexity index is 652. The zero-order valence-electron chi connectivity index (χ0n) is 11.9. The van der Waals surface area contributed by atoms with Gasteiger partial charge >= 0.3 is 5.97 Å². The molecule has 0 spiro atoms. The highest BCUT2D eigenvalue weighted by Gasteiger charge is 2.12. The number of nitrogen functional groups attached to an aromatic ring is 1. The molecular formula is C15H17NO3S2. The van der Waals surface area contributed by atoms with Crippen molar-refractivity contribution in [3.8, 4) is 5.75 Å². The van der Waals surface area contributed by atoms with Crippen LogP contribution in [0, 0.1) is 6.92 Å². The van der Waals surface area contributed by atoms with Gasteiger partial charge in [-0.2, -0.15) is 0 Å². The first-order valence-corrected chi connectivity index (χ1v) is 8.29. The molecule has 0 aliphatic rings. The summed E-state index contributed by atoms with van der Waals surface area (Å²) in [6.45, 7) is 4.48. The molecule has 0 radical (unpaired) electrons. The number of aromatic carboxylic acids is 1. The topological polar surface area (TPSA) is 72.5 Å². The van der Waals surface area contributed by atoms with E-state index in [4.69, 9.17) is 15.6 Å². The number of rotatable bonds is 6. The number of anilines is 1. The Labute approximate surface area is 131 Å². The van der Waals surface area contributed by atoms with Gasteiger partial charge in [0.2, 0.25) is 0 Å². The number of carboxylic acids is 1. The number of nitrogens with two attached hydrogens (primary N) is 1. The lowest BCUT2D eigenvalue weighted by atomic mass is 10.3. The van der Waals surface area contributed by atoms with Crippen LogP contribution in [0.25, 0.3) is 0 Å². The fourth-order valence-corrected chi connectivity index (χ4v) is 3.84. The molecule has 1 aromatic heterocycles. The SMILES string of the molecule is CCOc1ccc(N)c(SCc2cc(C(=O)O)sc2C)c1. The number of aryl methyl sites for hydroxylation is 1. The molecule has 21 heavy (non-hydrogen) atoms. The van der Waals surface area contributed by atoms with Crippen LogP contribution < -0.4 is 10.5 Å². The Morgan fingerprint density at radius 1 is 1.43 bits per heavy atom. The number of benzene rings is 1. The Morgan fingerprint density at radius 2 is 2.19 bits per heavy atom. The van der Waals surface area contributed by atoms with Crippen LogP contribution in [0.3, 0.4) is 0 Å². The molecule has 0 saturated heterocycles. The Balaban J connectivity index is 2.12. The predicted molar refractivity (Wildman–Crippen MR) is 87.6 cm³/mol. The van der Waals surface area contributed by atoms with Crippen molar-refractivity contribution >= 4 is 34.8 Å². The highest BCUT2D eigenvalue weighted by Crippen LogP contribution is 2.34. The largest absolute Gasteiger partial charge is 0.494 e. The molecule has 0 atom stereocenters. The second-order valence-corrected chi connectivity index (χ2v) is 6.69. The first-order chi connectivity index (χ1) is 10.0. The first-order valence-electron chi connectivity index (χ1n) is 6.49. The molecule has 0 fully saturated rings. The van der Waals surface area contributed by atoms with Crippen molar-refractivity contribution in [2.24, 2.45) is 0 Å². The average Bonchev–Trinajstić information content (AvgIpc) is 2.81. The Morgan fingerprint density at radius 3 is 2.81 bits per heavy atom. The van der Waals surface area contributed by atoms with Gasteiger partial charge in [0, 0.05) is 21.2 Å². The summed E-state index contributed by atoms with van der Waals surface area (Å²) in [7, 11) is 0. The molecule has 2 rings (SSSR count). The van der Waals surface area contributed by atoms with Crippen molar-refractivity contribution in [1.29, 1.82) is 0 Å². The standard InChI is InChI=1S/C15H17NO3S2/c1-3-19-11-4-5-12(16)13(7-11)20-8-10-6-14(15(17)18)21-9(10)2/h4-7H,3,8,16H2,1-2H3,(H,17,18). The fraction of sp³-hybridized carbons (Fsp3) is 0.267. The minimum absolute atomic E-state index is 0.374. The molecule has 112 valence electrons. The molecule has 2 aromatic rings. The molecule has 4 nitrogen and oxygen atoms in total. The van der Waals surface area contributed by atoms with Gasteiger partial charge in [-0.25, -0.2) is 4.79 Å². The summed E-state index contributed by atoms with van der Waals surface area (Å²) in [6.07, 6.45) is 0. The van der Waals surface area contributed by atoms with E-state index in [1.54, 1.807) is 17.8 Å². The van der Waals surface area contributed by atoms with E-state index >= 15 is 0 Å². The van der Waals surface area contributed by atoms with Gasteiger partial charge in [0.1, 0.15) is 10.6 Å². The molecule has 1 aromatic carbocycles. The summed E-state index contributed by atoms with van der Waals surface area (Å²) in [5.74, 6) is 0.606. The van der Waals surface area contributed by atoms with Gasteiger partial charge in [-0.05, 0) is 43.7 Å². The zero-order chi connectivity index (χ0) is 15.4. The zero-order valence-corrected chi connectivity index (χ0v) is 13.5. The van der Waals surface area contributed by atoms with Crippen molar-refractivity contribution in [2.45, 2.75) is 24.5 Å². The Kier molecular flexibility index (Phi) is 5.14. The molecule has 0 aliphatic carbocycles. The van der Waals surface area contributed by atoms with Crippen molar-refractivity contribution in [3.05, 3.63) is 39.6 Å². The lowest BCUT2D eigenvalue weighted by Crippen LogP contribution is -1.94. The van der Waals surface area contributed by atoms with Gasteiger partial charge in [-0.1, -0.05) is 0 Å². The van der Waals surface area contributed by atoms with Crippen molar-refractivity contribution in [3.63, 3.8) is 0 Å². The summed E-state index contributed by atoms with van der Waals surface area (Å²) in [4.78, 5) is 13.3. The minimum atomic E-state index is -0.878. The van der Waals surface area contributed by atoms with E-state index < -0.39 is 5.97 Å². The third-order valence-corrected chi connectivity index (χ3v) is 5.11. The third-order valence-electron chi connectivity index (χ3n) is 2.91. The summed E-state index contributed by atoms with van der Waals surface area (Å²) >= 11 is 2.89. The predicted octanol–water partition coefficient (Wildman–Crippen LogP) is 4.03. The van der Waals surface area contributed by atoms with Crippen molar-refractivity contribution < 1.29 is 14.6 Å². The van der Waals surface area contributed by atoms with Crippen molar-refractivity contribution in [1.82, 2.24) is 0 Å². The quantitative estimate of drug-likeness (QED) is 0.620. The molecule has 3 N–H and O–H groups in total. The van der Waals surface area contributed by atoms with Crippen LogP contribution >= 0.6 is 23.1 Å².